The van der Waals surface area contributed by atoms with Crippen LogP contribution in [0.4, 0.5) is 0 Å². The number of halogens is 1. The highest BCUT2D eigenvalue weighted by Gasteiger charge is 2.17. The zero-order chi connectivity index (χ0) is 10.5. The van der Waals surface area contributed by atoms with Crippen LogP contribution >= 0.6 is 24.2 Å². The predicted octanol–water partition coefficient (Wildman–Crippen LogP) is 3.51. The Labute approximate surface area is 109 Å². The highest BCUT2D eigenvalue weighted by Crippen LogP contribution is 2.29. The molecule has 1 atom stereocenters. The van der Waals surface area contributed by atoms with Crippen LogP contribution in [0, 0.1) is 0 Å². The number of nitrogens with one attached hydrogen (secondary N) is 1. The van der Waals surface area contributed by atoms with Crippen molar-refractivity contribution in [2.45, 2.75) is 37.1 Å². The normalized spacial score (nSPS) is 18.7. The van der Waals surface area contributed by atoms with E-state index in [1.807, 2.05) is 11.8 Å². The average Bonchev–Trinajstić information content (AvgIpc) is 2.29. The van der Waals surface area contributed by atoms with Gasteiger partial charge in [0, 0.05) is 16.7 Å². The number of fused-ring (bicyclic) bond motifs is 1. The molecular formula is C13H20ClNS. The zero-order valence-corrected chi connectivity index (χ0v) is 11.4. The second-order valence-corrected chi connectivity index (χ2v) is 5.19. The van der Waals surface area contributed by atoms with E-state index in [1.54, 1.807) is 0 Å². The first-order valence-corrected chi connectivity index (χ1v) is 6.83. The first-order chi connectivity index (χ1) is 7.40. The van der Waals surface area contributed by atoms with Gasteiger partial charge in [-0.05, 0) is 31.0 Å². The van der Waals surface area contributed by atoms with Crippen LogP contribution in [0.25, 0.3) is 0 Å². The SMILES string of the molecule is CCCCN[C@@H]1CSc2ccccc2C1.Cl. The first kappa shape index (κ1) is 13.9. The van der Waals surface area contributed by atoms with Crippen molar-refractivity contribution in [1.29, 1.82) is 0 Å². The Morgan fingerprint density at radius 2 is 2.19 bits per heavy atom. The van der Waals surface area contributed by atoms with Crippen LogP contribution in [-0.4, -0.2) is 18.3 Å². The summed E-state index contributed by atoms with van der Waals surface area (Å²) in [4.78, 5) is 1.48. The van der Waals surface area contributed by atoms with E-state index in [1.165, 1.54) is 42.0 Å². The Balaban J connectivity index is 0.00000128. The third-order valence-corrected chi connectivity index (χ3v) is 4.12. The Kier molecular flexibility index (Phi) is 6.25. The minimum absolute atomic E-state index is 0. The number of hydrogen-bond acceptors (Lipinski definition) is 2. The van der Waals surface area contributed by atoms with Crippen LogP contribution in [0.5, 0.6) is 0 Å². The molecule has 0 aliphatic carbocycles. The summed E-state index contributed by atoms with van der Waals surface area (Å²) in [5.41, 5.74) is 1.52. The number of hydrogen-bond donors (Lipinski definition) is 1. The fraction of sp³-hybridized carbons (Fsp3) is 0.538. The third-order valence-electron chi connectivity index (χ3n) is 2.84. The number of unbranched alkanes of at least 4 members (excludes halogenated alkanes) is 1. The molecule has 0 spiro atoms. The monoisotopic (exact) mass is 257 g/mol. The molecular weight excluding hydrogens is 238 g/mol. The summed E-state index contributed by atoms with van der Waals surface area (Å²) < 4.78 is 0. The van der Waals surface area contributed by atoms with Crippen LogP contribution in [0.15, 0.2) is 29.2 Å². The van der Waals surface area contributed by atoms with E-state index in [-0.39, 0.29) is 12.4 Å². The van der Waals surface area contributed by atoms with Crippen molar-refractivity contribution in [3.05, 3.63) is 29.8 Å². The van der Waals surface area contributed by atoms with E-state index in [0.717, 1.165) is 0 Å². The summed E-state index contributed by atoms with van der Waals surface area (Å²) in [6, 6.07) is 9.46. The largest absolute Gasteiger partial charge is 0.313 e. The highest BCUT2D eigenvalue weighted by atomic mass is 35.5. The lowest BCUT2D eigenvalue weighted by Crippen LogP contribution is -2.36. The molecule has 0 fully saturated rings. The van der Waals surface area contributed by atoms with Crippen LogP contribution in [0.3, 0.4) is 0 Å². The van der Waals surface area contributed by atoms with Gasteiger partial charge in [-0.15, -0.1) is 24.2 Å². The maximum Gasteiger partial charge on any atom is 0.0202 e. The van der Waals surface area contributed by atoms with Gasteiger partial charge in [-0.25, -0.2) is 0 Å². The van der Waals surface area contributed by atoms with Crippen molar-refractivity contribution in [3.8, 4) is 0 Å². The van der Waals surface area contributed by atoms with E-state index in [0.29, 0.717) is 6.04 Å². The van der Waals surface area contributed by atoms with Crippen molar-refractivity contribution >= 4 is 24.2 Å². The lowest BCUT2D eigenvalue weighted by atomic mass is 10.1. The Morgan fingerprint density at radius 3 is 3.00 bits per heavy atom. The quantitative estimate of drug-likeness (QED) is 0.829. The lowest BCUT2D eigenvalue weighted by Gasteiger charge is -2.24. The molecule has 1 aromatic rings. The second-order valence-electron chi connectivity index (χ2n) is 4.13. The molecule has 2 rings (SSSR count). The van der Waals surface area contributed by atoms with E-state index >= 15 is 0 Å². The molecule has 1 aromatic carbocycles. The molecule has 0 unspecified atom stereocenters. The zero-order valence-electron chi connectivity index (χ0n) is 9.74. The molecule has 0 aromatic heterocycles. The number of benzene rings is 1. The predicted molar refractivity (Wildman–Crippen MR) is 74.8 cm³/mol. The van der Waals surface area contributed by atoms with Crippen molar-refractivity contribution < 1.29 is 0 Å². The summed E-state index contributed by atoms with van der Waals surface area (Å²) in [5, 5.41) is 3.64. The molecule has 0 saturated carbocycles. The molecule has 1 N–H and O–H groups in total. The van der Waals surface area contributed by atoms with Gasteiger partial charge in [0.2, 0.25) is 0 Å². The first-order valence-electron chi connectivity index (χ1n) is 5.84. The van der Waals surface area contributed by atoms with Crippen LogP contribution < -0.4 is 5.32 Å². The molecule has 1 aliphatic heterocycles. The van der Waals surface area contributed by atoms with Gasteiger partial charge < -0.3 is 5.32 Å². The van der Waals surface area contributed by atoms with Gasteiger partial charge >= 0.3 is 0 Å². The van der Waals surface area contributed by atoms with Gasteiger partial charge in [-0.3, -0.25) is 0 Å². The fourth-order valence-corrected chi connectivity index (χ4v) is 3.07. The summed E-state index contributed by atoms with van der Waals surface area (Å²) in [6.07, 6.45) is 3.78. The second kappa shape index (κ2) is 7.21. The molecule has 0 radical (unpaired) electrons. The summed E-state index contributed by atoms with van der Waals surface area (Å²) >= 11 is 1.99. The van der Waals surface area contributed by atoms with Gasteiger partial charge in [-0.2, -0.15) is 0 Å². The Bertz CT molecular complexity index is 317. The molecule has 3 heteroatoms. The topological polar surface area (TPSA) is 12.0 Å². The fourth-order valence-electron chi connectivity index (χ4n) is 1.94. The minimum atomic E-state index is 0. The van der Waals surface area contributed by atoms with E-state index in [9.17, 15) is 0 Å². The molecule has 90 valence electrons. The Hall–Kier alpha value is -0.180. The third kappa shape index (κ3) is 3.69. The standard InChI is InChI=1S/C13H19NS.ClH/c1-2-3-8-14-12-9-11-6-4-5-7-13(11)15-10-12;/h4-7,12,14H,2-3,8-10H2,1H3;1H/t12-;/m0./s1. The molecule has 1 aliphatic rings. The summed E-state index contributed by atoms with van der Waals surface area (Å²) in [6.45, 7) is 3.41. The van der Waals surface area contributed by atoms with Crippen molar-refractivity contribution in [2.75, 3.05) is 12.3 Å². The molecule has 16 heavy (non-hydrogen) atoms. The van der Waals surface area contributed by atoms with Gasteiger partial charge in [0.25, 0.3) is 0 Å². The summed E-state index contributed by atoms with van der Waals surface area (Å²) in [5.74, 6) is 1.22. The summed E-state index contributed by atoms with van der Waals surface area (Å²) in [7, 11) is 0. The Morgan fingerprint density at radius 1 is 1.38 bits per heavy atom. The van der Waals surface area contributed by atoms with Gasteiger partial charge in [-0.1, -0.05) is 31.5 Å². The molecule has 0 saturated heterocycles. The van der Waals surface area contributed by atoms with Crippen LogP contribution in [-0.2, 0) is 6.42 Å². The lowest BCUT2D eigenvalue weighted by molar-refractivity contribution is 0.530. The van der Waals surface area contributed by atoms with E-state index in [2.05, 4.69) is 36.5 Å². The van der Waals surface area contributed by atoms with Crippen molar-refractivity contribution in [3.63, 3.8) is 0 Å². The number of thioether (sulfide) groups is 1. The van der Waals surface area contributed by atoms with Crippen LogP contribution in [0.2, 0.25) is 0 Å². The van der Waals surface area contributed by atoms with Gasteiger partial charge in [0.05, 0.1) is 0 Å². The molecule has 0 amide bonds. The highest BCUT2D eigenvalue weighted by molar-refractivity contribution is 7.99. The average molecular weight is 258 g/mol. The molecule has 1 nitrogen and oxygen atoms in total. The van der Waals surface area contributed by atoms with E-state index < -0.39 is 0 Å². The van der Waals surface area contributed by atoms with Gasteiger partial charge in [0.15, 0.2) is 0 Å². The maximum absolute atomic E-state index is 3.64. The van der Waals surface area contributed by atoms with E-state index in [4.69, 9.17) is 0 Å². The number of rotatable bonds is 4. The van der Waals surface area contributed by atoms with Crippen molar-refractivity contribution in [2.24, 2.45) is 0 Å². The molecule has 1 heterocycles. The molecule has 0 bridgehead atoms. The van der Waals surface area contributed by atoms with Crippen molar-refractivity contribution in [1.82, 2.24) is 5.32 Å². The maximum atomic E-state index is 3.64. The smallest absolute Gasteiger partial charge is 0.0202 e. The van der Waals surface area contributed by atoms with Crippen LogP contribution in [0.1, 0.15) is 25.3 Å². The minimum Gasteiger partial charge on any atom is -0.313 e. The van der Waals surface area contributed by atoms with Gasteiger partial charge in [0.1, 0.15) is 0 Å².